The number of anilines is 1. The van der Waals surface area contributed by atoms with E-state index in [0.717, 1.165) is 6.07 Å². The fourth-order valence-corrected chi connectivity index (χ4v) is 3.54. The maximum atomic E-state index is 14.2. The number of carbonyl (C=O) groups excluding carboxylic acids is 4. The molecule has 1 heterocycles. The molecule has 0 aliphatic carbocycles. The van der Waals surface area contributed by atoms with Crippen molar-refractivity contribution in [3.05, 3.63) is 58.3 Å². The molecule has 1 unspecified atom stereocenters. The summed E-state index contributed by atoms with van der Waals surface area (Å²) in [6.45, 7) is 0.886. The number of nitrogens with one attached hydrogen (secondary N) is 1. The zero-order chi connectivity index (χ0) is 24.1. The summed E-state index contributed by atoms with van der Waals surface area (Å²) >= 11 is 11.9. The third-order valence-corrected chi connectivity index (χ3v) is 5.06. The molecule has 3 rings (SSSR count). The number of benzene rings is 2. The number of ether oxygens (including phenoxy) is 2. The number of hydrogen-bond acceptors (Lipinski definition) is 6. The van der Waals surface area contributed by atoms with Crippen LogP contribution in [0.5, 0.6) is 5.75 Å². The van der Waals surface area contributed by atoms with Crippen molar-refractivity contribution in [3.8, 4) is 5.75 Å². The van der Waals surface area contributed by atoms with Crippen LogP contribution in [-0.4, -0.2) is 48.1 Å². The van der Waals surface area contributed by atoms with E-state index in [1.54, 1.807) is 6.92 Å². The first-order valence-corrected chi connectivity index (χ1v) is 10.4. The van der Waals surface area contributed by atoms with Crippen molar-refractivity contribution in [1.29, 1.82) is 0 Å². The Balaban J connectivity index is 1.83. The molecule has 0 saturated carbocycles. The van der Waals surface area contributed by atoms with Crippen LogP contribution in [0.25, 0.3) is 0 Å². The molecule has 1 saturated heterocycles. The molecule has 2 aromatic carbocycles. The van der Waals surface area contributed by atoms with Crippen molar-refractivity contribution in [2.75, 3.05) is 18.1 Å². The van der Waals surface area contributed by atoms with E-state index >= 15 is 0 Å². The molecule has 12 heteroatoms. The summed E-state index contributed by atoms with van der Waals surface area (Å²) in [6, 6.07) is 8.09. The molecular formula is C21H18Cl2FN3O6. The monoisotopic (exact) mass is 497 g/mol. The van der Waals surface area contributed by atoms with Gasteiger partial charge in [-0.3, -0.25) is 14.4 Å². The average Bonchev–Trinajstić information content (AvgIpc) is 3.05. The van der Waals surface area contributed by atoms with E-state index in [0.29, 0.717) is 14.9 Å². The number of nitrogens with zero attached hydrogens (tertiary/aromatic N) is 2. The Kier molecular flexibility index (Phi) is 7.72. The van der Waals surface area contributed by atoms with Crippen LogP contribution in [0.1, 0.15) is 13.3 Å². The van der Waals surface area contributed by atoms with Gasteiger partial charge >= 0.3 is 6.09 Å². The first kappa shape index (κ1) is 24.3. The minimum absolute atomic E-state index is 0.0103. The Morgan fingerprint density at radius 3 is 2.61 bits per heavy atom. The van der Waals surface area contributed by atoms with Crippen LogP contribution in [0.15, 0.2) is 42.5 Å². The van der Waals surface area contributed by atoms with Crippen LogP contribution in [0.2, 0.25) is 10.0 Å². The summed E-state index contributed by atoms with van der Waals surface area (Å²) in [7, 11) is 0. The molecule has 0 radical (unpaired) electrons. The number of halogens is 3. The van der Waals surface area contributed by atoms with Crippen LogP contribution in [0.4, 0.5) is 14.9 Å². The van der Waals surface area contributed by atoms with Gasteiger partial charge < -0.3 is 9.47 Å². The zero-order valence-electron chi connectivity index (χ0n) is 17.2. The molecule has 174 valence electrons. The molecule has 1 atom stereocenters. The molecule has 1 aliphatic rings. The minimum Gasteiger partial charge on any atom is -0.482 e. The van der Waals surface area contributed by atoms with E-state index in [9.17, 15) is 23.6 Å². The molecule has 33 heavy (non-hydrogen) atoms. The van der Waals surface area contributed by atoms with Gasteiger partial charge in [0.2, 0.25) is 5.91 Å². The lowest BCUT2D eigenvalue weighted by Crippen LogP contribution is -2.56. The molecular weight excluding hydrogens is 480 g/mol. The average molecular weight is 498 g/mol. The predicted molar refractivity (Wildman–Crippen MR) is 116 cm³/mol. The van der Waals surface area contributed by atoms with Crippen molar-refractivity contribution in [3.63, 3.8) is 0 Å². The summed E-state index contributed by atoms with van der Waals surface area (Å²) < 4.78 is 24.4. The lowest BCUT2D eigenvalue weighted by molar-refractivity contribution is -0.143. The minimum atomic E-state index is -1.45. The number of para-hydroxylation sites is 1. The third-order valence-electron chi connectivity index (χ3n) is 4.53. The van der Waals surface area contributed by atoms with Gasteiger partial charge in [-0.2, -0.15) is 0 Å². The number of hydrogen-bond donors (Lipinski definition) is 1. The summed E-state index contributed by atoms with van der Waals surface area (Å²) in [5.41, 5.74) is 1.89. The normalized spacial score (nSPS) is 15.4. The van der Waals surface area contributed by atoms with Crippen LogP contribution in [0.3, 0.4) is 0 Å². The van der Waals surface area contributed by atoms with Gasteiger partial charge in [0.25, 0.3) is 11.8 Å². The molecule has 0 spiro atoms. The molecule has 1 fully saturated rings. The summed E-state index contributed by atoms with van der Waals surface area (Å²) in [4.78, 5) is 51.1. The first-order chi connectivity index (χ1) is 15.7. The second-order valence-corrected chi connectivity index (χ2v) is 7.54. The lowest BCUT2D eigenvalue weighted by Gasteiger charge is -2.27. The maximum Gasteiger partial charge on any atom is 0.426 e. The van der Waals surface area contributed by atoms with Crippen molar-refractivity contribution in [2.24, 2.45) is 0 Å². The van der Waals surface area contributed by atoms with E-state index in [-0.39, 0.29) is 23.1 Å². The standard InChI is InChI=1S/C21H18Cl2FN3O6/c1-2-32-21(31)25-27(19(29)11-33-17-8-7-12(22)9-13(17)23)16-10-18(28)26(20(16)30)15-6-4-3-5-14(15)24/h3-9,16H,2,10-11H2,1H3,(H,25,31). The second-order valence-electron chi connectivity index (χ2n) is 6.70. The van der Waals surface area contributed by atoms with E-state index in [2.05, 4.69) is 5.43 Å². The number of rotatable bonds is 6. The van der Waals surface area contributed by atoms with Crippen molar-refractivity contribution in [1.82, 2.24) is 10.4 Å². The van der Waals surface area contributed by atoms with Crippen molar-refractivity contribution >= 4 is 52.7 Å². The molecule has 4 amide bonds. The van der Waals surface area contributed by atoms with E-state index < -0.39 is 48.7 Å². The second kappa shape index (κ2) is 10.5. The maximum absolute atomic E-state index is 14.2. The highest BCUT2D eigenvalue weighted by Crippen LogP contribution is 2.29. The van der Waals surface area contributed by atoms with Gasteiger partial charge in [-0.25, -0.2) is 24.5 Å². The fourth-order valence-electron chi connectivity index (χ4n) is 3.08. The molecule has 0 bridgehead atoms. The molecule has 1 aliphatic heterocycles. The Morgan fingerprint density at radius 1 is 1.21 bits per heavy atom. The van der Waals surface area contributed by atoms with Gasteiger partial charge in [-0.05, 0) is 37.3 Å². The first-order valence-electron chi connectivity index (χ1n) is 9.67. The smallest absolute Gasteiger partial charge is 0.426 e. The van der Waals surface area contributed by atoms with Crippen LogP contribution >= 0.6 is 23.2 Å². The van der Waals surface area contributed by atoms with E-state index in [4.69, 9.17) is 32.7 Å². The van der Waals surface area contributed by atoms with E-state index in [1.165, 1.54) is 36.4 Å². The predicted octanol–water partition coefficient (Wildman–Crippen LogP) is 3.33. The van der Waals surface area contributed by atoms with Crippen LogP contribution in [0, 0.1) is 5.82 Å². The van der Waals surface area contributed by atoms with Gasteiger partial charge in [0.05, 0.1) is 23.7 Å². The van der Waals surface area contributed by atoms with Gasteiger partial charge in [0.15, 0.2) is 6.61 Å². The van der Waals surface area contributed by atoms with Crippen LogP contribution < -0.4 is 15.1 Å². The molecule has 9 nitrogen and oxygen atoms in total. The van der Waals surface area contributed by atoms with Gasteiger partial charge in [0.1, 0.15) is 17.6 Å². The molecule has 1 N–H and O–H groups in total. The number of hydrazine groups is 1. The lowest BCUT2D eigenvalue weighted by atomic mass is 10.2. The van der Waals surface area contributed by atoms with E-state index in [1.807, 2.05) is 0 Å². The highest BCUT2D eigenvalue weighted by molar-refractivity contribution is 6.35. The summed E-state index contributed by atoms with van der Waals surface area (Å²) in [5, 5.41) is 1.13. The fraction of sp³-hybridized carbons (Fsp3) is 0.238. The number of amides is 4. The summed E-state index contributed by atoms with van der Waals surface area (Å²) in [6.07, 6.45) is -1.52. The summed E-state index contributed by atoms with van der Waals surface area (Å²) in [5.74, 6) is -3.19. The van der Waals surface area contributed by atoms with Gasteiger partial charge in [-0.1, -0.05) is 35.3 Å². The quantitative estimate of drug-likeness (QED) is 0.484. The highest BCUT2D eigenvalue weighted by Gasteiger charge is 2.46. The molecule has 0 aromatic heterocycles. The van der Waals surface area contributed by atoms with Crippen molar-refractivity contribution in [2.45, 2.75) is 19.4 Å². The van der Waals surface area contributed by atoms with Gasteiger partial charge in [0, 0.05) is 5.02 Å². The number of carbonyl (C=O) groups is 4. The van der Waals surface area contributed by atoms with Gasteiger partial charge in [-0.15, -0.1) is 0 Å². The third kappa shape index (κ3) is 5.52. The van der Waals surface area contributed by atoms with Crippen molar-refractivity contribution < 1.29 is 33.0 Å². The Labute approximate surface area is 197 Å². The topological polar surface area (TPSA) is 105 Å². The molecule has 2 aromatic rings. The largest absolute Gasteiger partial charge is 0.482 e. The Hall–Kier alpha value is -3.37. The Bertz CT molecular complexity index is 1100. The SMILES string of the molecule is CCOC(=O)NN(C(=O)COc1ccc(Cl)cc1Cl)C1CC(=O)N(c2ccccc2F)C1=O. The Morgan fingerprint density at radius 2 is 1.94 bits per heavy atom. The zero-order valence-corrected chi connectivity index (χ0v) is 18.7. The highest BCUT2D eigenvalue weighted by atomic mass is 35.5. The van der Waals surface area contributed by atoms with Crippen LogP contribution in [-0.2, 0) is 19.1 Å². The number of imide groups is 1.